The summed E-state index contributed by atoms with van der Waals surface area (Å²) in [6.07, 6.45) is 1.97. The van der Waals surface area contributed by atoms with E-state index in [9.17, 15) is 4.79 Å². The van der Waals surface area contributed by atoms with Crippen LogP contribution in [0, 0.1) is 5.92 Å². The molecule has 3 nitrogen and oxygen atoms in total. The minimum atomic E-state index is 0.153. The van der Waals surface area contributed by atoms with Gasteiger partial charge in [0.2, 0.25) is 5.91 Å². The maximum absolute atomic E-state index is 12.5. The summed E-state index contributed by atoms with van der Waals surface area (Å²) in [6.45, 7) is 10.2. The lowest BCUT2D eigenvalue weighted by molar-refractivity contribution is -0.140. The van der Waals surface area contributed by atoms with Crippen molar-refractivity contribution in [3.8, 4) is 0 Å². The number of amides is 1. The van der Waals surface area contributed by atoms with Gasteiger partial charge in [0.15, 0.2) is 0 Å². The van der Waals surface area contributed by atoms with Gasteiger partial charge in [0, 0.05) is 38.1 Å². The average Bonchev–Trinajstić information content (AvgIpc) is 2.54. The summed E-state index contributed by atoms with van der Waals surface area (Å²) >= 11 is 0. The van der Waals surface area contributed by atoms with E-state index in [2.05, 4.69) is 54.0 Å². The van der Waals surface area contributed by atoms with Crippen molar-refractivity contribution in [1.82, 2.24) is 9.80 Å². The number of piperazine rings is 1. The Morgan fingerprint density at radius 2 is 1.95 bits per heavy atom. The van der Waals surface area contributed by atoms with Crippen LogP contribution in [0.4, 0.5) is 0 Å². The molecule has 21 heavy (non-hydrogen) atoms. The smallest absolute Gasteiger partial charge is 0.225 e. The van der Waals surface area contributed by atoms with Gasteiger partial charge in [-0.15, -0.1) is 0 Å². The average molecular weight is 288 g/mol. The van der Waals surface area contributed by atoms with Gasteiger partial charge in [-0.3, -0.25) is 9.69 Å². The maximum atomic E-state index is 12.5. The van der Waals surface area contributed by atoms with Crippen LogP contribution in [0.1, 0.15) is 39.2 Å². The van der Waals surface area contributed by atoms with Gasteiger partial charge in [0.05, 0.1) is 0 Å². The van der Waals surface area contributed by atoms with E-state index in [1.54, 1.807) is 0 Å². The van der Waals surface area contributed by atoms with Gasteiger partial charge < -0.3 is 4.90 Å². The van der Waals surface area contributed by atoms with Gasteiger partial charge in [0.25, 0.3) is 0 Å². The van der Waals surface area contributed by atoms with Crippen LogP contribution in [0.5, 0.6) is 0 Å². The SMILES string of the molecule is CC[C@H]1CN(Cc2ccccc2)CCN1C(=O)[C@@H](C)CC. The quantitative estimate of drug-likeness (QED) is 0.831. The molecule has 0 unspecified atom stereocenters. The summed E-state index contributed by atoms with van der Waals surface area (Å²) in [7, 11) is 0. The third-order valence-electron chi connectivity index (χ3n) is 4.60. The van der Waals surface area contributed by atoms with E-state index >= 15 is 0 Å². The zero-order valence-corrected chi connectivity index (χ0v) is 13.6. The number of carbonyl (C=O) groups excluding carboxylic acids is 1. The highest BCUT2D eigenvalue weighted by Crippen LogP contribution is 2.19. The van der Waals surface area contributed by atoms with Gasteiger partial charge in [-0.05, 0) is 18.4 Å². The van der Waals surface area contributed by atoms with Crippen molar-refractivity contribution in [2.24, 2.45) is 5.92 Å². The van der Waals surface area contributed by atoms with E-state index in [0.29, 0.717) is 11.9 Å². The molecule has 1 aromatic carbocycles. The molecule has 3 heteroatoms. The highest BCUT2D eigenvalue weighted by Gasteiger charge is 2.30. The van der Waals surface area contributed by atoms with Crippen LogP contribution < -0.4 is 0 Å². The fourth-order valence-corrected chi connectivity index (χ4v) is 3.00. The normalized spacial score (nSPS) is 21.3. The minimum Gasteiger partial charge on any atom is -0.337 e. The highest BCUT2D eigenvalue weighted by molar-refractivity contribution is 5.78. The number of hydrogen-bond donors (Lipinski definition) is 0. The molecule has 1 saturated heterocycles. The van der Waals surface area contributed by atoms with Crippen LogP contribution >= 0.6 is 0 Å². The first-order valence-corrected chi connectivity index (χ1v) is 8.22. The Labute approximate surface area is 128 Å². The van der Waals surface area contributed by atoms with Crippen LogP contribution in [0.3, 0.4) is 0 Å². The molecule has 1 aromatic rings. The van der Waals surface area contributed by atoms with Crippen molar-refractivity contribution in [1.29, 1.82) is 0 Å². The van der Waals surface area contributed by atoms with Crippen molar-refractivity contribution < 1.29 is 4.79 Å². The third kappa shape index (κ3) is 4.07. The summed E-state index contributed by atoms with van der Waals surface area (Å²) in [6, 6.07) is 11.0. The molecule has 0 spiro atoms. The Bertz CT molecular complexity index is 446. The zero-order valence-electron chi connectivity index (χ0n) is 13.6. The maximum Gasteiger partial charge on any atom is 0.225 e. The number of nitrogens with zero attached hydrogens (tertiary/aromatic N) is 2. The molecule has 0 radical (unpaired) electrons. The van der Waals surface area contributed by atoms with Crippen LogP contribution in [-0.4, -0.2) is 41.4 Å². The van der Waals surface area contributed by atoms with Gasteiger partial charge in [-0.1, -0.05) is 51.1 Å². The lowest BCUT2D eigenvalue weighted by atomic mass is 10.0. The van der Waals surface area contributed by atoms with E-state index < -0.39 is 0 Å². The second kappa shape index (κ2) is 7.60. The van der Waals surface area contributed by atoms with E-state index in [1.807, 2.05) is 6.92 Å². The summed E-state index contributed by atoms with van der Waals surface area (Å²) in [5, 5.41) is 0. The molecule has 0 N–H and O–H groups in total. The molecule has 1 fully saturated rings. The molecule has 2 rings (SSSR count). The lowest BCUT2D eigenvalue weighted by Gasteiger charge is -2.42. The highest BCUT2D eigenvalue weighted by atomic mass is 16.2. The second-order valence-corrected chi connectivity index (χ2v) is 6.12. The Morgan fingerprint density at radius 1 is 1.24 bits per heavy atom. The fraction of sp³-hybridized carbons (Fsp3) is 0.611. The second-order valence-electron chi connectivity index (χ2n) is 6.12. The Kier molecular flexibility index (Phi) is 5.80. The summed E-state index contributed by atoms with van der Waals surface area (Å²) in [5.41, 5.74) is 1.36. The van der Waals surface area contributed by atoms with Crippen molar-refractivity contribution in [3.05, 3.63) is 35.9 Å². The summed E-state index contributed by atoms with van der Waals surface area (Å²) in [4.78, 5) is 17.1. The van der Waals surface area contributed by atoms with E-state index in [4.69, 9.17) is 0 Å². The predicted molar refractivity (Wildman–Crippen MR) is 87.0 cm³/mol. The van der Waals surface area contributed by atoms with Crippen LogP contribution in [0.25, 0.3) is 0 Å². The monoisotopic (exact) mass is 288 g/mol. The Hall–Kier alpha value is -1.35. The first kappa shape index (κ1) is 16.0. The van der Waals surface area contributed by atoms with Gasteiger partial charge in [-0.25, -0.2) is 0 Å². The van der Waals surface area contributed by atoms with E-state index in [1.165, 1.54) is 5.56 Å². The molecule has 1 heterocycles. The predicted octanol–water partition coefficient (Wildman–Crippen LogP) is 3.16. The van der Waals surface area contributed by atoms with E-state index in [-0.39, 0.29) is 5.92 Å². The summed E-state index contributed by atoms with van der Waals surface area (Å²) in [5.74, 6) is 0.489. The molecule has 1 amide bonds. The van der Waals surface area contributed by atoms with Crippen LogP contribution in [-0.2, 0) is 11.3 Å². The lowest BCUT2D eigenvalue weighted by Crippen LogP contribution is -2.55. The topological polar surface area (TPSA) is 23.6 Å². The van der Waals surface area contributed by atoms with Crippen molar-refractivity contribution >= 4 is 5.91 Å². The molecular formula is C18H28N2O. The van der Waals surface area contributed by atoms with Crippen molar-refractivity contribution in [2.75, 3.05) is 19.6 Å². The van der Waals surface area contributed by atoms with Gasteiger partial charge in [-0.2, -0.15) is 0 Å². The molecule has 1 aliphatic rings. The molecule has 0 aliphatic carbocycles. The third-order valence-corrected chi connectivity index (χ3v) is 4.60. The fourth-order valence-electron chi connectivity index (χ4n) is 3.00. The van der Waals surface area contributed by atoms with Crippen molar-refractivity contribution in [2.45, 2.75) is 46.2 Å². The Morgan fingerprint density at radius 3 is 2.57 bits per heavy atom. The molecule has 0 aromatic heterocycles. The molecule has 2 atom stereocenters. The first-order chi connectivity index (χ1) is 10.2. The van der Waals surface area contributed by atoms with E-state index in [0.717, 1.165) is 39.0 Å². The standard InChI is InChI=1S/C18H28N2O/c1-4-15(3)18(21)20-12-11-19(14-17(20)5-2)13-16-9-7-6-8-10-16/h6-10,15,17H,4-5,11-14H2,1-3H3/t15-,17-/m0/s1. The molecule has 0 bridgehead atoms. The molecule has 116 valence electrons. The molecule has 0 saturated carbocycles. The first-order valence-electron chi connectivity index (χ1n) is 8.22. The van der Waals surface area contributed by atoms with Gasteiger partial charge in [0.1, 0.15) is 0 Å². The largest absolute Gasteiger partial charge is 0.337 e. The Balaban J connectivity index is 1.96. The number of carbonyl (C=O) groups is 1. The summed E-state index contributed by atoms with van der Waals surface area (Å²) < 4.78 is 0. The van der Waals surface area contributed by atoms with Gasteiger partial charge >= 0.3 is 0 Å². The van der Waals surface area contributed by atoms with Crippen molar-refractivity contribution in [3.63, 3.8) is 0 Å². The zero-order chi connectivity index (χ0) is 15.2. The number of hydrogen-bond acceptors (Lipinski definition) is 2. The van der Waals surface area contributed by atoms with Crippen LogP contribution in [0.15, 0.2) is 30.3 Å². The number of benzene rings is 1. The minimum absolute atomic E-state index is 0.153. The molecular weight excluding hydrogens is 260 g/mol. The number of rotatable bonds is 5. The molecule has 1 aliphatic heterocycles. The van der Waals surface area contributed by atoms with Crippen LogP contribution in [0.2, 0.25) is 0 Å².